The van der Waals surface area contributed by atoms with Crippen LogP contribution in [0.25, 0.3) is 11.0 Å². The Kier molecular flexibility index (Phi) is 3.87. The van der Waals surface area contributed by atoms with E-state index in [4.69, 9.17) is 4.98 Å². The monoisotopic (exact) mass is 327 g/mol. The van der Waals surface area contributed by atoms with E-state index in [9.17, 15) is 0 Å². The van der Waals surface area contributed by atoms with Crippen LogP contribution in [-0.4, -0.2) is 38.2 Å². The van der Waals surface area contributed by atoms with Crippen LogP contribution in [0.3, 0.4) is 0 Å². The van der Waals surface area contributed by atoms with Crippen molar-refractivity contribution in [1.82, 2.24) is 25.1 Å². The van der Waals surface area contributed by atoms with Crippen molar-refractivity contribution in [3.8, 4) is 0 Å². The first-order chi connectivity index (χ1) is 11.2. The van der Waals surface area contributed by atoms with Gasteiger partial charge in [0.1, 0.15) is 15.8 Å². The van der Waals surface area contributed by atoms with E-state index in [1.807, 2.05) is 6.92 Å². The zero-order valence-corrected chi connectivity index (χ0v) is 14.4. The van der Waals surface area contributed by atoms with Gasteiger partial charge in [-0.25, -0.2) is 4.98 Å². The first kappa shape index (κ1) is 14.8. The number of para-hydroxylation sites is 1. The molecule has 1 fully saturated rings. The molecule has 2 aromatic heterocycles. The van der Waals surface area contributed by atoms with E-state index >= 15 is 0 Å². The molecule has 1 atom stereocenters. The SMILES string of the molecule is Cc1nnc(CN2CCC[C@@H](c3nc4c(C)cccc4[nH]3)C2)s1. The summed E-state index contributed by atoms with van der Waals surface area (Å²) in [4.78, 5) is 10.9. The number of aromatic nitrogens is 4. The Hall–Kier alpha value is -1.79. The smallest absolute Gasteiger partial charge is 0.131 e. The summed E-state index contributed by atoms with van der Waals surface area (Å²) >= 11 is 1.70. The predicted molar refractivity (Wildman–Crippen MR) is 92.7 cm³/mol. The molecule has 0 unspecified atom stereocenters. The number of piperidine rings is 1. The van der Waals surface area contributed by atoms with E-state index in [1.54, 1.807) is 11.3 Å². The van der Waals surface area contributed by atoms with Gasteiger partial charge in [-0.15, -0.1) is 21.5 Å². The molecule has 1 aromatic carbocycles. The van der Waals surface area contributed by atoms with E-state index in [1.165, 1.54) is 18.4 Å². The molecule has 120 valence electrons. The van der Waals surface area contributed by atoms with Gasteiger partial charge in [-0.2, -0.15) is 0 Å². The molecule has 0 saturated carbocycles. The van der Waals surface area contributed by atoms with E-state index in [0.29, 0.717) is 5.92 Å². The molecule has 1 N–H and O–H groups in total. The van der Waals surface area contributed by atoms with Crippen molar-refractivity contribution < 1.29 is 0 Å². The number of aromatic amines is 1. The number of rotatable bonds is 3. The van der Waals surface area contributed by atoms with E-state index in [0.717, 1.165) is 46.5 Å². The minimum absolute atomic E-state index is 0.476. The maximum atomic E-state index is 4.87. The zero-order valence-electron chi connectivity index (χ0n) is 13.5. The largest absolute Gasteiger partial charge is 0.342 e. The van der Waals surface area contributed by atoms with Crippen LogP contribution in [0.15, 0.2) is 18.2 Å². The van der Waals surface area contributed by atoms with Crippen molar-refractivity contribution >= 4 is 22.4 Å². The number of H-pyrrole nitrogens is 1. The Morgan fingerprint density at radius 3 is 3.00 bits per heavy atom. The van der Waals surface area contributed by atoms with Gasteiger partial charge in [0, 0.05) is 12.5 Å². The quantitative estimate of drug-likeness (QED) is 0.801. The van der Waals surface area contributed by atoms with E-state index < -0.39 is 0 Å². The predicted octanol–water partition coefficient (Wildman–Crippen LogP) is 3.41. The number of imidazole rings is 1. The van der Waals surface area contributed by atoms with Gasteiger partial charge in [-0.1, -0.05) is 12.1 Å². The number of nitrogens with one attached hydrogen (secondary N) is 1. The van der Waals surface area contributed by atoms with Gasteiger partial charge in [-0.3, -0.25) is 4.90 Å². The molecule has 0 aliphatic carbocycles. The molecule has 0 spiro atoms. The molecule has 3 aromatic rings. The van der Waals surface area contributed by atoms with Crippen molar-refractivity contribution in [3.63, 3.8) is 0 Å². The van der Waals surface area contributed by atoms with Crippen LogP contribution in [0.4, 0.5) is 0 Å². The number of likely N-dealkylation sites (tertiary alicyclic amines) is 1. The highest BCUT2D eigenvalue weighted by Crippen LogP contribution is 2.28. The van der Waals surface area contributed by atoms with Crippen molar-refractivity contribution in [2.45, 2.75) is 39.2 Å². The Balaban J connectivity index is 1.52. The highest BCUT2D eigenvalue weighted by atomic mass is 32.1. The van der Waals surface area contributed by atoms with Crippen molar-refractivity contribution in [3.05, 3.63) is 39.6 Å². The fourth-order valence-corrected chi connectivity index (χ4v) is 4.15. The molecule has 0 amide bonds. The molecule has 0 radical (unpaired) electrons. The third kappa shape index (κ3) is 3.01. The Morgan fingerprint density at radius 1 is 1.30 bits per heavy atom. The summed E-state index contributed by atoms with van der Waals surface area (Å²) in [5.74, 6) is 1.61. The normalized spacial score (nSPS) is 19.5. The summed E-state index contributed by atoms with van der Waals surface area (Å²) in [7, 11) is 0. The van der Waals surface area contributed by atoms with Gasteiger partial charge < -0.3 is 4.98 Å². The van der Waals surface area contributed by atoms with Crippen LogP contribution in [-0.2, 0) is 6.54 Å². The van der Waals surface area contributed by atoms with Gasteiger partial charge >= 0.3 is 0 Å². The zero-order chi connectivity index (χ0) is 15.8. The number of nitrogens with zero attached hydrogens (tertiary/aromatic N) is 4. The minimum Gasteiger partial charge on any atom is -0.342 e. The molecule has 1 aliphatic rings. The lowest BCUT2D eigenvalue weighted by Crippen LogP contribution is -2.34. The molecule has 3 heterocycles. The number of hydrogen-bond acceptors (Lipinski definition) is 5. The average Bonchev–Trinajstić information content (AvgIpc) is 3.15. The number of fused-ring (bicyclic) bond motifs is 1. The van der Waals surface area contributed by atoms with Gasteiger partial charge in [0.25, 0.3) is 0 Å². The van der Waals surface area contributed by atoms with Crippen molar-refractivity contribution in [2.24, 2.45) is 0 Å². The third-order valence-corrected chi connectivity index (χ3v) is 5.38. The lowest BCUT2D eigenvalue weighted by Gasteiger charge is -2.30. The first-order valence-corrected chi connectivity index (χ1v) is 8.97. The van der Waals surface area contributed by atoms with Crippen molar-refractivity contribution in [2.75, 3.05) is 13.1 Å². The molecule has 23 heavy (non-hydrogen) atoms. The number of aryl methyl sites for hydroxylation is 2. The van der Waals surface area contributed by atoms with E-state index in [-0.39, 0.29) is 0 Å². The maximum Gasteiger partial charge on any atom is 0.131 e. The van der Waals surface area contributed by atoms with Gasteiger partial charge in [0.2, 0.25) is 0 Å². The summed E-state index contributed by atoms with van der Waals surface area (Å²) < 4.78 is 0. The summed E-state index contributed by atoms with van der Waals surface area (Å²) in [5, 5.41) is 10.5. The molecular formula is C17H21N5S. The standard InChI is InChI=1S/C17H21N5S/c1-11-5-3-7-14-16(11)19-17(18-14)13-6-4-8-22(9-13)10-15-21-20-12(2)23-15/h3,5,7,13H,4,6,8-10H2,1-2H3,(H,18,19)/t13-/m1/s1. The fourth-order valence-electron chi connectivity index (χ4n) is 3.40. The molecule has 4 rings (SSSR count). The second-order valence-corrected chi connectivity index (χ2v) is 7.65. The van der Waals surface area contributed by atoms with Gasteiger partial charge in [0.15, 0.2) is 0 Å². The summed E-state index contributed by atoms with van der Waals surface area (Å²) in [5.41, 5.74) is 3.50. The number of hydrogen-bond donors (Lipinski definition) is 1. The summed E-state index contributed by atoms with van der Waals surface area (Å²) in [6, 6.07) is 6.33. The van der Waals surface area contributed by atoms with Gasteiger partial charge in [-0.05, 0) is 44.9 Å². The van der Waals surface area contributed by atoms with Crippen LogP contribution in [0.2, 0.25) is 0 Å². The highest BCUT2D eigenvalue weighted by Gasteiger charge is 2.24. The lowest BCUT2D eigenvalue weighted by atomic mass is 9.97. The molecule has 6 heteroatoms. The molecule has 0 bridgehead atoms. The number of benzene rings is 1. The summed E-state index contributed by atoms with van der Waals surface area (Å²) in [6.45, 7) is 7.21. The first-order valence-electron chi connectivity index (χ1n) is 8.15. The van der Waals surface area contributed by atoms with Crippen LogP contribution in [0.5, 0.6) is 0 Å². The fraction of sp³-hybridized carbons (Fsp3) is 0.471. The average molecular weight is 327 g/mol. The Morgan fingerprint density at radius 2 is 2.22 bits per heavy atom. The van der Waals surface area contributed by atoms with Gasteiger partial charge in [0.05, 0.1) is 17.6 Å². The highest BCUT2D eigenvalue weighted by molar-refractivity contribution is 7.11. The summed E-state index contributed by atoms with van der Waals surface area (Å²) in [6.07, 6.45) is 2.41. The van der Waals surface area contributed by atoms with Crippen LogP contribution < -0.4 is 0 Å². The molecule has 1 saturated heterocycles. The van der Waals surface area contributed by atoms with E-state index in [2.05, 4.69) is 45.2 Å². The topological polar surface area (TPSA) is 57.7 Å². The molecular weight excluding hydrogens is 306 g/mol. The minimum atomic E-state index is 0.476. The maximum absolute atomic E-state index is 4.87. The molecule has 5 nitrogen and oxygen atoms in total. The molecule has 1 aliphatic heterocycles. The van der Waals surface area contributed by atoms with Crippen LogP contribution in [0, 0.1) is 13.8 Å². The second-order valence-electron chi connectivity index (χ2n) is 6.38. The third-order valence-electron chi connectivity index (χ3n) is 4.55. The Bertz CT molecular complexity index is 821. The van der Waals surface area contributed by atoms with Crippen molar-refractivity contribution in [1.29, 1.82) is 0 Å². The Labute approximate surface area is 139 Å². The second kappa shape index (κ2) is 6.02. The van der Waals surface area contributed by atoms with Crippen LogP contribution in [0.1, 0.15) is 40.2 Å². The van der Waals surface area contributed by atoms with Crippen LogP contribution >= 0.6 is 11.3 Å². The lowest BCUT2D eigenvalue weighted by molar-refractivity contribution is 0.196.